The molecular formula is C11H9NO. The molecule has 1 atom stereocenters. The number of ketones is 1. The van der Waals surface area contributed by atoms with Crippen molar-refractivity contribution < 1.29 is 4.79 Å². The van der Waals surface area contributed by atoms with Gasteiger partial charge in [0.2, 0.25) is 0 Å². The Kier molecular flexibility index (Phi) is 1.86. The maximum Gasteiger partial charge on any atom is 0.163 e. The van der Waals surface area contributed by atoms with Gasteiger partial charge in [0.05, 0.1) is 12.0 Å². The molecule has 13 heavy (non-hydrogen) atoms. The van der Waals surface area contributed by atoms with Crippen molar-refractivity contribution in [1.29, 1.82) is 5.26 Å². The van der Waals surface area contributed by atoms with Gasteiger partial charge in [-0.15, -0.1) is 0 Å². The Morgan fingerprint density at radius 2 is 2.15 bits per heavy atom. The summed E-state index contributed by atoms with van der Waals surface area (Å²) in [6.45, 7) is 0. The van der Waals surface area contributed by atoms with Gasteiger partial charge in [-0.1, -0.05) is 24.3 Å². The zero-order chi connectivity index (χ0) is 9.26. The van der Waals surface area contributed by atoms with Crippen molar-refractivity contribution >= 4 is 5.78 Å². The van der Waals surface area contributed by atoms with Crippen LogP contribution in [0.3, 0.4) is 0 Å². The van der Waals surface area contributed by atoms with Gasteiger partial charge < -0.3 is 0 Å². The van der Waals surface area contributed by atoms with E-state index < -0.39 is 0 Å². The Bertz CT molecular complexity index is 389. The number of carbonyl (C=O) groups excluding carboxylic acids is 1. The lowest BCUT2D eigenvalue weighted by Gasteiger charge is -2.18. The minimum Gasteiger partial charge on any atom is -0.294 e. The Morgan fingerprint density at radius 3 is 2.92 bits per heavy atom. The predicted octanol–water partition coefficient (Wildman–Crippen LogP) is 2.27. The molecule has 1 unspecified atom stereocenters. The zero-order valence-electron chi connectivity index (χ0n) is 7.16. The van der Waals surface area contributed by atoms with E-state index in [1.54, 1.807) is 6.07 Å². The van der Waals surface area contributed by atoms with E-state index in [1.807, 2.05) is 18.2 Å². The number of fused-ring (bicyclic) bond motifs is 1. The molecule has 2 nitrogen and oxygen atoms in total. The fraction of sp³-hybridized carbons (Fsp3) is 0.273. The Hall–Kier alpha value is -1.62. The molecule has 1 aromatic carbocycles. The zero-order valence-corrected chi connectivity index (χ0v) is 7.16. The summed E-state index contributed by atoms with van der Waals surface area (Å²) in [6, 6.07) is 9.63. The summed E-state index contributed by atoms with van der Waals surface area (Å²) in [4.78, 5) is 11.4. The molecule has 1 aromatic rings. The van der Waals surface area contributed by atoms with Crippen molar-refractivity contribution in [2.45, 2.75) is 18.8 Å². The smallest absolute Gasteiger partial charge is 0.163 e. The summed E-state index contributed by atoms with van der Waals surface area (Å²) in [5, 5.41) is 8.86. The van der Waals surface area contributed by atoms with Crippen LogP contribution in [0.25, 0.3) is 0 Å². The van der Waals surface area contributed by atoms with Crippen LogP contribution < -0.4 is 0 Å². The molecule has 0 aromatic heterocycles. The van der Waals surface area contributed by atoms with Gasteiger partial charge in [-0.05, 0) is 12.0 Å². The van der Waals surface area contributed by atoms with Crippen LogP contribution in [0.4, 0.5) is 0 Å². The lowest BCUT2D eigenvalue weighted by Crippen LogP contribution is -2.14. The van der Waals surface area contributed by atoms with Crippen LogP contribution >= 0.6 is 0 Å². The number of carbonyl (C=O) groups is 1. The quantitative estimate of drug-likeness (QED) is 0.600. The Balaban J connectivity index is 2.55. The second kappa shape index (κ2) is 3.02. The van der Waals surface area contributed by atoms with Crippen molar-refractivity contribution in [2.24, 2.45) is 0 Å². The number of benzene rings is 1. The fourth-order valence-corrected chi connectivity index (χ4v) is 1.75. The number of hydrogen-bond acceptors (Lipinski definition) is 2. The topological polar surface area (TPSA) is 40.9 Å². The summed E-state index contributed by atoms with van der Waals surface area (Å²) in [6.07, 6.45) is 1.18. The van der Waals surface area contributed by atoms with Gasteiger partial charge >= 0.3 is 0 Å². The molecule has 0 fully saturated rings. The minimum absolute atomic E-state index is 0.0890. The third kappa shape index (κ3) is 1.23. The van der Waals surface area contributed by atoms with Gasteiger partial charge in [0, 0.05) is 12.0 Å². The van der Waals surface area contributed by atoms with Crippen LogP contribution in [0.2, 0.25) is 0 Å². The molecule has 0 saturated carbocycles. The predicted molar refractivity (Wildman–Crippen MR) is 48.4 cm³/mol. The fourth-order valence-electron chi connectivity index (χ4n) is 1.75. The lowest BCUT2D eigenvalue weighted by molar-refractivity contribution is 0.0970. The van der Waals surface area contributed by atoms with Crippen molar-refractivity contribution in [1.82, 2.24) is 0 Å². The van der Waals surface area contributed by atoms with Gasteiger partial charge in [-0.25, -0.2) is 0 Å². The average molecular weight is 171 g/mol. The second-order valence-electron chi connectivity index (χ2n) is 3.23. The molecule has 2 heteroatoms. The van der Waals surface area contributed by atoms with E-state index in [2.05, 4.69) is 6.07 Å². The van der Waals surface area contributed by atoms with E-state index in [1.165, 1.54) is 0 Å². The van der Waals surface area contributed by atoms with Crippen LogP contribution in [0, 0.1) is 11.3 Å². The second-order valence-corrected chi connectivity index (χ2v) is 3.23. The summed E-state index contributed by atoms with van der Waals surface area (Å²) in [7, 11) is 0. The molecule has 0 N–H and O–H groups in total. The number of hydrogen-bond donors (Lipinski definition) is 0. The van der Waals surface area contributed by atoms with E-state index in [-0.39, 0.29) is 11.7 Å². The Labute approximate surface area is 76.8 Å². The molecule has 0 bridgehead atoms. The SMILES string of the molecule is N#CC1CCC(=O)c2ccccc21. The maximum atomic E-state index is 11.4. The summed E-state index contributed by atoms with van der Waals surface area (Å²) < 4.78 is 0. The third-order valence-corrected chi connectivity index (χ3v) is 2.45. The van der Waals surface area contributed by atoms with Crippen LogP contribution in [-0.2, 0) is 0 Å². The van der Waals surface area contributed by atoms with E-state index in [0.717, 1.165) is 11.1 Å². The molecule has 2 rings (SSSR count). The van der Waals surface area contributed by atoms with E-state index in [0.29, 0.717) is 12.8 Å². The summed E-state index contributed by atoms with van der Waals surface area (Å²) in [5.41, 5.74) is 1.64. The largest absolute Gasteiger partial charge is 0.294 e. The third-order valence-electron chi connectivity index (χ3n) is 2.45. The van der Waals surface area contributed by atoms with Gasteiger partial charge in [-0.3, -0.25) is 4.79 Å². The van der Waals surface area contributed by atoms with Gasteiger partial charge in [0.15, 0.2) is 5.78 Å². The highest BCUT2D eigenvalue weighted by Crippen LogP contribution is 2.30. The highest BCUT2D eigenvalue weighted by Gasteiger charge is 2.24. The van der Waals surface area contributed by atoms with Crippen molar-refractivity contribution in [3.05, 3.63) is 35.4 Å². The molecule has 0 radical (unpaired) electrons. The minimum atomic E-state index is -0.0890. The number of nitrogens with zero attached hydrogens (tertiary/aromatic N) is 1. The molecule has 0 heterocycles. The van der Waals surface area contributed by atoms with E-state index >= 15 is 0 Å². The maximum absolute atomic E-state index is 11.4. The monoisotopic (exact) mass is 171 g/mol. The highest BCUT2D eigenvalue weighted by atomic mass is 16.1. The molecule has 1 aliphatic carbocycles. The van der Waals surface area contributed by atoms with Crippen LogP contribution in [-0.4, -0.2) is 5.78 Å². The Morgan fingerprint density at radius 1 is 1.38 bits per heavy atom. The molecule has 0 aliphatic heterocycles. The number of rotatable bonds is 0. The van der Waals surface area contributed by atoms with E-state index in [9.17, 15) is 4.79 Å². The number of Topliss-reactive ketones (excluding diaryl/α,β-unsaturated/α-hetero) is 1. The molecule has 0 spiro atoms. The summed E-state index contributed by atoms with van der Waals surface area (Å²) >= 11 is 0. The lowest BCUT2D eigenvalue weighted by atomic mass is 9.83. The van der Waals surface area contributed by atoms with Crippen LogP contribution in [0.5, 0.6) is 0 Å². The first-order valence-electron chi connectivity index (χ1n) is 4.34. The molecule has 1 aliphatic rings. The van der Waals surface area contributed by atoms with Crippen LogP contribution in [0.1, 0.15) is 34.7 Å². The molecule has 0 saturated heterocycles. The number of nitriles is 1. The molecule has 64 valence electrons. The summed E-state index contributed by atoms with van der Waals surface area (Å²) in [5.74, 6) is 0.0796. The van der Waals surface area contributed by atoms with Crippen molar-refractivity contribution in [3.63, 3.8) is 0 Å². The van der Waals surface area contributed by atoms with Gasteiger partial charge in [-0.2, -0.15) is 5.26 Å². The first kappa shape index (κ1) is 8.00. The molecular weight excluding hydrogens is 162 g/mol. The van der Waals surface area contributed by atoms with Crippen LogP contribution in [0.15, 0.2) is 24.3 Å². The first-order valence-corrected chi connectivity index (χ1v) is 4.34. The van der Waals surface area contributed by atoms with Gasteiger partial charge in [0.1, 0.15) is 0 Å². The highest BCUT2D eigenvalue weighted by molar-refractivity contribution is 5.98. The van der Waals surface area contributed by atoms with Crippen molar-refractivity contribution in [2.75, 3.05) is 0 Å². The normalized spacial score (nSPS) is 20.5. The van der Waals surface area contributed by atoms with E-state index in [4.69, 9.17) is 5.26 Å². The van der Waals surface area contributed by atoms with Crippen molar-refractivity contribution in [3.8, 4) is 6.07 Å². The average Bonchev–Trinajstić information content (AvgIpc) is 2.19. The first-order chi connectivity index (χ1) is 6.33. The molecule has 0 amide bonds. The standard InChI is InChI=1S/C11H9NO/c12-7-8-5-6-11(13)10-4-2-1-3-9(8)10/h1-4,8H,5-6H2. The van der Waals surface area contributed by atoms with Gasteiger partial charge in [0.25, 0.3) is 0 Å².